The van der Waals surface area contributed by atoms with Gasteiger partial charge in [-0.1, -0.05) is 12.1 Å². The number of rotatable bonds is 7. The first-order valence-electron chi connectivity index (χ1n) is 7.44. The zero-order chi connectivity index (χ0) is 16.1. The van der Waals surface area contributed by atoms with E-state index in [1.54, 1.807) is 38.1 Å². The lowest BCUT2D eigenvalue weighted by Crippen LogP contribution is -2.45. The number of anilines is 1. The molecule has 2 amide bonds. The summed E-state index contributed by atoms with van der Waals surface area (Å²) in [6, 6.07) is 7.14. The molecule has 0 aliphatic heterocycles. The Labute approximate surface area is 130 Å². The highest BCUT2D eigenvalue weighted by Crippen LogP contribution is 2.23. The molecule has 22 heavy (non-hydrogen) atoms. The zero-order valence-electron chi connectivity index (χ0n) is 13.3. The van der Waals surface area contributed by atoms with Gasteiger partial charge in [0.25, 0.3) is 0 Å². The molecule has 1 atom stereocenters. The minimum atomic E-state index is -0.421. The van der Waals surface area contributed by atoms with Gasteiger partial charge < -0.3 is 15.4 Å². The van der Waals surface area contributed by atoms with Gasteiger partial charge in [-0.15, -0.1) is 0 Å². The maximum atomic E-state index is 12.3. The van der Waals surface area contributed by atoms with Gasteiger partial charge in [-0.25, -0.2) is 0 Å². The van der Waals surface area contributed by atoms with Gasteiger partial charge in [0.2, 0.25) is 11.8 Å². The fraction of sp³-hybridized carbons (Fsp3) is 0.500. The van der Waals surface area contributed by atoms with Crippen molar-refractivity contribution in [2.24, 2.45) is 0 Å². The Morgan fingerprint density at radius 3 is 2.68 bits per heavy atom. The lowest BCUT2D eigenvalue weighted by atomic mass is 10.2. The average molecular weight is 305 g/mol. The monoisotopic (exact) mass is 305 g/mol. The van der Waals surface area contributed by atoms with Crippen molar-refractivity contribution in [3.05, 3.63) is 24.3 Å². The van der Waals surface area contributed by atoms with Crippen molar-refractivity contribution in [3.8, 4) is 5.75 Å². The summed E-state index contributed by atoms with van der Waals surface area (Å²) < 4.78 is 5.21. The van der Waals surface area contributed by atoms with Crippen molar-refractivity contribution >= 4 is 17.5 Å². The second kappa shape index (κ2) is 7.26. The van der Waals surface area contributed by atoms with Crippen molar-refractivity contribution in [1.82, 2.24) is 10.2 Å². The number of para-hydroxylation sites is 2. The first kappa shape index (κ1) is 16.3. The van der Waals surface area contributed by atoms with Crippen molar-refractivity contribution in [2.45, 2.75) is 31.8 Å². The molecule has 2 rings (SSSR count). The number of benzene rings is 1. The van der Waals surface area contributed by atoms with Crippen molar-refractivity contribution < 1.29 is 14.3 Å². The number of methoxy groups -OCH3 is 1. The number of nitrogens with one attached hydrogen (secondary N) is 2. The first-order chi connectivity index (χ1) is 10.5. The second-order valence-corrected chi connectivity index (χ2v) is 5.62. The molecule has 2 N–H and O–H groups in total. The SMILES string of the molecule is COc1ccccc1NC(=O)[C@H](C)N(C)CC(=O)NC1CC1. The molecule has 0 unspecified atom stereocenters. The Balaban J connectivity index is 1.88. The summed E-state index contributed by atoms with van der Waals surface area (Å²) in [4.78, 5) is 25.8. The summed E-state index contributed by atoms with van der Waals surface area (Å²) >= 11 is 0. The third-order valence-electron chi connectivity index (χ3n) is 3.74. The Kier molecular flexibility index (Phi) is 5.38. The minimum Gasteiger partial charge on any atom is -0.495 e. The van der Waals surface area contributed by atoms with Crippen LogP contribution in [-0.2, 0) is 9.59 Å². The third kappa shape index (κ3) is 4.46. The maximum Gasteiger partial charge on any atom is 0.241 e. The van der Waals surface area contributed by atoms with Gasteiger partial charge in [-0.2, -0.15) is 0 Å². The van der Waals surface area contributed by atoms with Crippen LogP contribution in [0.15, 0.2) is 24.3 Å². The summed E-state index contributed by atoms with van der Waals surface area (Å²) in [5.74, 6) is 0.394. The number of hydrogen-bond acceptors (Lipinski definition) is 4. The molecule has 1 aromatic carbocycles. The largest absolute Gasteiger partial charge is 0.495 e. The molecular formula is C16H23N3O3. The predicted molar refractivity (Wildman–Crippen MR) is 84.9 cm³/mol. The van der Waals surface area contributed by atoms with E-state index in [1.165, 1.54) is 0 Å². The van der Waals surface area contributed by atoms with Crippen LogP contribution in [0.5, 0.6) is 5.75 Å². The fourth-order valence-electron chi connectivity index (χ4n) is 2.05. The number of carbonyl (C=O) groups excluding carboxylic acids is 2. The van der Waals surface area contributed by atoms with Crippen LogP contribution in [0, 0.1) is 0 Å². The molecule has 0 heterocycles. The normalized spacial score (nSPS) is 15.3. The molecule has 0 bridgehead atoms. The average Bonchev–Trinajstić information content (AvgIpc) is 3.30. The van der Waals surface area contributed by atoms with Crippen molar-refractivity contribution in [2.75, 3.05) is 26.0 Å². The van der Waals surface area contributed by atoms with Gasteiger partial charge in [0.15, 0.2) is 0 Å². The number of hydrogen-bond donors (Lipinski definition) is 2. The Bertz CT molecular complexity index is 543. The summed E-state index contributed by atoms with van der Waals surface area (Å²) in [6.07, 6.45) is 2.11. The molecule has 1 aliphatic carbocycles. The summed E-state index contributed by atoms with van der Waals surface area (Å²) in [6.45, 7) is 1.98. The van der Waals surface area contributed by atoms with Crippen LogP contribution in [0.25, 0.3) is 0 Å². The number of carbonyl (C=O) groups is 2. The van der Waals surface area contributed by atoms with E-state index in [0.717, 1.165) is 12.8 Å². The fourth-order valence-corrected chi connectivity index (χ4v) is 2.05. The quantitative estimate of drug-likeness (QED) is 0.795. The third-order valence-corrected chi connectivity index (χ3v) is 3.74. The molecule has 120 valence electrons. The molecule has 1 aliphatic rings. The molecule has 1 saturated carbocycles. The van der Waals surface area contributed by atoms with Crippen LogP contribution in [0.1, 0.15) is 19.8 Å². The second-order valence-electron chi connectivity index (χ2n) is 5.62. The van der Waals surface area contributed by atoms with Gasteiger partial charge in [0.1, 0.15) is 5.75 Å². The van der Waals surface area contributed by atoms with Crippen LogP contribution < -0.4 is 15.4 Å². The highest BCUT2D eigenvalue weighted by Gasteiger charge is 2.25. The molecule has 6 heteroatoms. The van der Waals surface area contributed by atoms with E-state index < -0.39 is 6.04 Å². The molecule has 0 aromatic heterocycles. The Morgan fingerprint density at radius 2 is 2.05 bits per heavy atom. The van der Waals surface area contributed by atoms with E-state index in [1.807, 2.05) is 12.1 Å². The highest BCUT2D eigenvalue weighted by atomic mass is 16.5. The zero-order valence-corrected chi connectivity index (χ0v) is 13.3. The van der Waals surface area contributed by atoms with Gasteiger partial charge in [-0.05, 0) is 38.9 Å². The van der Waals surface area contributed by atoms with Crippen molar-refractivity contribution in [3.63, 3.8) is 0 Å². The summed E-state index contributed by atoms with van der Waals surface area (Å²) in [5, 5.41) is 5.75. The van der Waals surface area contributed by atoms with Gasteiger partial charge in [-0.3, -0.25) is 14.5 Å². The predicted octanol–water partition coefficient (Wildman–Crippen LogP) is 1.23. The lowest BCUT2D eigenvalue weighted by Gasteiger charge is -2.23. The first-order valence-corrected chi connectivity index (χ1v) is 7.44. The molecular weight excluding hydrogens is 282 g/mol. The Morgan fingerprint density at radius 1 is 1.36 bits per heavy atom. The molecule has 0 saturated heterocycles. The number of nitrogens with zero attached hydrogens (tertiary/aromatic N) is 1. The smallest absolute Gasteiger partial charge is 0.241 e. The lowest BCUT2D eigenvalue weighted by molar-refractivity contribution is -0.124. The standard InChI is InChI=1S/C16H23N3O3/c1-11(19(2)10-15(20)17-12-8-9-12)16(21)18-13-6-4-5-7-14(13)22-3/h4-7,11-12H,8-10H2,1-3H3,(H,17,20)(H,18,21)/t11-/m0/s1. The van der Waals surface area contributed by atoms with Gasteiger partial charge >= 0.3 is 0 Å². The van der Waals surface area contributed by atoms with E-state index in [0.29, 0.717) is 17.5 Å². The maximum absolute atomic E-state index is 12.3. The molecule has 1 fully saturated rings. The highest BCUT2D eigenvalue weighted by molar-refractivity contribution is 5.96. The van der Waals surface area contributed by atoms with Gasteiger partial charge in [0, 0.05) is 6.04 Å². The van der Waals surface area contributed by atoms with Crippen LogP contribution >= 0.6 is 0 Å². The van der Waals surface area contributed by atoms with E-state index in [-0.39, 0.29) is 18.4 Å². The summed E-state index contributed by atoms with van der Waals surface area (Å²) in [5.41, 5.74) is 0.623. The van der Waals surface area contributed by atoms with Gasteiger partial charge in [0.05, 0.1) is 25.4 Å². The topological polar surface area (TPSA) is 70.7 Å². The van der Waals surface area contributed by atoms with Crippen LogP contribution in [0.2, 0.25) is 0 Å². The number of ether oxygens (including phenoxy) is 1. The van der Waals surface area contributed by atoms with E-state index in [9.17, 15) is 9.59 Å². The molecule has 0 spiro atoms. The van der Waals surface area contributed by atoms with E-state index in [4.69, 9.17) is 4.74 Å². The number of likely N-dealkylation sites (N-methyl/N-ethyl adjacent to an activating group) is 1. The van der Waals surface area contributed by atoms with Crippen molar-refractivity contribution in [1.29, 1.82) is 0 Å². The number of amides is 2. The van der Waals surface area contributed by atoms with E-state index >= 15 is 0 Å². The Hall–Kier alpha value is -2.08. The molecule has 0 radical (unpaired) electrons. The van der Waals surface area contributed by atoms with Crippen LogP contribution in [0.4, 0.5) is 5.69 Å². The van der Waals surface area contributed by atoms with Crippen LogP contribution in [0.3, 0.4) is 0 Å². The van der Waals surface area contributed by atoms with Crippen LogP contribution in [-0.4, -0.2) is 49.5 Å². The molecule has 1 aromatic rings. The minimum absolute atomic E-state index is 0.0399. The molecule has 6 nitrogen and oxygen atoms in total. The summed E-state index contributed by atoms with van der Waals surface area (Å²) in [7, 11) is 3.32. The van der Waals surface area contributed by atoms with E-state index in [2.05, 4.69) is 10.6 Å².